The van der Waals surface area contributed by atoms with E-state index >= 15 is 0 Å². The second kappa shape index (κ2) is 7.61. The average Bonchev–Trinajstić information content (AvgIpc) is 2.50. The van der Waals surface area contributed by atoms with Gasteiger partial charge in [-0.1, -0.05) is 40.2 Å². The normalized spacial score (nSPS) is 10.0. The number of hydrogen-bond acceptors (Lipinski definition) is 2. The third kappa shape index (κ3) is 4.33. The minimum absolute atomic E-state index is 0.287. The van der Waals surface area contributed by atoms with Gasteiger partial charge >= 0.3 is 6.09 Å². The number of halogens is 1. The Hall–Kier alpha value is -2.34. The van der Waals surface area contributed by atoms with Crippen molar-refractivity contribution in [1.29, 1.82) is 0 Å². The van der Waals surface area contributed by atoms with Gasteiger partial charge in [-0.3, -0.25) is 10.1 Å². The van der Waals surface area contributed by atoms with Crippen LogP contribution in [0.5, 0.6) is 0 Å². The molecule has 0 aliphatic carbocycles. The monoisotopic (exact) mass is 362 g/mol. The molecule has 0 aliphatic heterocycles. The Labute approximate surface area is 136 Å². The summed E-state index contributed by atoms with van der Waals surface area (Å²) in [4.78, 5) is 23.0. The zero-order chi connectivity index (χ0) is 15.9. The maximum atomic E-state index is 12.2. The van der Waals surface area contributed by atoms with Crippen LogP contribution in [0.15, 0.2) is 48.5 Å². The first-order valence-corrected chi connectivity index (χ1v) is 7.77. The van der Waals surface area contributed by atoms with Gasteiger partial charge < -0.3 is 10.4 Å². The summed E-state index contributed by atoms with van der Waals surface area (Å²) >= 11 is 3.37. The van der Waals surface area contributed by atoms with Gasteiger partial charge in [0.1, 0.15) is 0 Å². The summed E-state index contributed by atoms with van der Waals surface area (Å²) in [5, 5.41) is 14.6. The van der Waals surface area contributed by atoms with E-state index in [4.69, 9.17) is 5.11 Å². The van der Waals surface area contributed by atoms with E-state index < -0.39 is 6.09 Å². The second-order valence-corrected chi connectivity index (χ2v) is 5.36. The van der Waals surface area contributed by atoms with E-state index in [9.17, 15) is 9.59 Å². The Morgan fingerprint density at radius 2 is 1.55 bits per heavy atom. The molecule has 22 heavy (non-hydrogen) atoms. The van der Waals surface area contributed by atoms with Crippen molar-refractivity contribution in [2.45, 2.75) is 6.42 Å². The number of para-hydroxylation sites is 2. The molecule has 0 aromatic heterocycles. The Morgan fingerprint density at radius 3 is 2.09 bits per heavy atom. The number of rotatable bonds is 5. The van der Waals surface area contributed by atoms with Crippen LogP contribution < -0.4 is 10.6 Å². The number of nitrogens with one attached hydrogen (secondary N) is 2. The molecule has 0 saturated heterocycles. The first-order valence-electron chi connectivity index (χ1n) is 6.65. The molecule has 2 aromatic rings. The van der Waals surface area contributed by atoms with Gasteiger partial charge in [-0.15, -0.1) is 0 Å². The molecule has 0 unspecified atom stereocenters. The Balaban J connectivity index is 2.13. The molecule has 2 amide bonds. The molecule has 0 saturated carbocycles. The van der Waals surface area contributed by atoms with Crippen LogP contribution in [0.1, 0.15) is 15.9 Å². The molecule has 114 valence electrons. The van der Waals surface area contributed by atoms with E-state index in [0.29, 0.717) is 16.9 Å². The van der Waals surface area contributed by atoms with Crippen molar-refractivity contribution in [1.82, 2.24) is 0 Å². The van der Waals surface area contributed by atoms with Crippen LogP contribution in [-0.2, 0) is 6.42 Å². The van der Waals surface area contributed by atoms with E-state index in [1.54, 1.807) is 36.4 Å². The molecular formula is C16H15BrN2O3. The van der Waals surface area contributed by atoms with Crippen molar-refractivity contribution in [2.75, 3.05) is 16.0 Å². The SMILES string of the molecule is O=C(O)Nc1ccccc1NC(=O)c1ccc(CCBr)cc1. The molecule has 0 atom stereocenters. The molecular weight excluding hydrogens is 348 g/mol. The van der Waals surface area contributed by atoms with Crippen LogP contribution in [0.3, 0.4) is 0 Å². The lowest BCUT2D eigenvalue weighted by molar-refractivity contribution is 0.102. The van der Waals surface area contributed by atoms with E-state index in [-0.39, 0.29) is 5.91 Å². The molecule has 0 bridgehead atoms. The maximum absolute atomic E-state index is 12.2. The van der Waals surface area contributed by atoms with Crippen molar-refractivity contribution < 1.29 is 14.7 Å². The fourth-order valence-electron chi connectivity index (χ4n) is 1.94. The predicted octanol–water partition coefficient (Wildman–Crippen LogP) is 3.97. The largest absolute Gasteiger partial charge is 0.465 e. The molecule has 2 aromatic carbocycles. The van der Waals surface area contributed by atoms with Gasteiger partial charge in [-0.2, -0.15) is 0 Å². The van der Waals surface area contributed by atoms with Gasteiger partial charge in [0.15, 0.2) is 0 Å². The fraction of sp³-hybridized carbons (Fsp3) is 0.125. The van der Waals surface area contributed by atoms with Crippen molar-refractivity contribution in [3.63, 3.8) is 0 Å². The molecule has 2 rings (SSSR count). The van der Waals surface area contributed by atoms with Crippen molar-refractivity contribution in [2.24, 2.45) is 0 Å². The van der Waals surface area contributed by atoms with Gasteiger partial charge in [0.25, 0.3) is 5.91 Å². The van der Waals surface area contributed by atoms with Gasteiger partial charge in [0.05, 0.1) is 11.4 Å². The highest BCUT2D eigenvalue weighted by atomic mass is 79.9. The molecule has 0 aliphatic rings. The summed E-state index contributed by atoms with van der Waals surface area (Å²) < 4.78 is 0. The summed E-state index contributed by atoms with van der Waals surface area (Å²) in [6.45, 7) is 0. The molecule has 0 fully saturated rings. The summed E-state index contributed by atoms with van der Waals surface area (Å²) in [6, 6.07) is 13.9. The third-order valence-electron chi connectivity index (χ3n) is 3.02. The quantitative estimate of drug-likeness (QED) is 0.704. The predicted molar refractivity (Wildman–Crippen MR) is 90.0 cm³/mol. The van der Waals surface area contributed by atoms with Crippen LogP contribution in [0.25, 0.3) is 0 Å². The minimum Gasteiger partial charge on any atom is -0.465 e. The number of alkyl halides is 1. The zero-order valence-corrected chi connectivity index (χ0v) is 13.3. The minimum atomic E-state index is -1.18. The second-order valence-electron chi connectivity index (χ2n) is 4.57. The molecule has 5 nitrogen and oxygen atoms in total. The summed E-state index contributed by atoms with van der Waals surface area (Å²) in [5.41, 5.74) is 2.41. The van der Waals surface area contributed by atoms with Crippen LogP contribution in [-0.4, -0.2) is 22.4 Å². The van der Waals surface area contributed by atoms with E-state index in [1.165, 1.54) is 0 Å². The van der Waals surface area contributed by atoms with Crippen LogP contribution in [0, 0.1) is 0 Å². The van der Waals surface area contributed by atoms with Crippen molar-refractivity contribution in [3.8, 4) is 0 Å². The Morgan fingerprint density at radius 1 is 0.955 bits per heavy atom. The fourth-order valence-corrected chi connectivity index (χ4v) is 2.40. The lowest BCUT2D eigenvalue weighted by atomic mass is 10.1. The Bertz CT molecular complexity index is 671. The first-order chi connectivity index (χ1) is 10.6. The number of amides is 2. The zero-order valence-electron chi connectivity index (χ0n) is 11.7. The van der Waals surface area contributed by atoms with Crippen LogP contribution >= 0.6 is 15.9 Å². The summed E-state index contributed by atoms with van der Waals surface area (Å²) in [6.07, 6.45) is -0.284. The molecule has 0 spiro atoms. The summed E-state index contributed by atoms with van der Waals surface area (Å²) in [7, 11) is 0. The smallest absolute Gasteiger partial charge is 0.409 e. The highest BCUT2D eigenvalue weighted by Crippen LogP contribution is 2.21. The van der Waals surface area contributed by atoms with Gasteiger partial charge in [-0.05, 0) is 36.2 Å². The molecule has 0 radical (unpaired) electrons. The Kier molecular flexibility index (Phi) is 5.55. The number of carboxylic acid groups (broad SMARTS) is 1. The highest BCUT2D eigenvalue weighted by molar-refractivity contribution is 9.09. The van der Waals surface area contributed by atoms with E-state index in [0.717, 1.165) is 17.3 Å². The number of carbonyl (C=O) groups is 2. The highest BCUT2D eigenvalue weighted by Gasteiger charge is 2.10. The topological polar surface area (TPSA) is 78.4 Å². The van der Waals surface area contributed by atoms with E-state index in [1.807, 2.05) is 12.1 Å². The number of carbonyl (C=O) groups excluding carboxylic acids is 1. The number of aryl methyl sites for hydroxylation is 1. The van der Waals surface area contributed by atoms with Crippen LogP contribution in [0.2, 0.25) is 0 Å². The van der Waals surface area contributed by atoms with Gasteiger partial charge in [0.2, 0.25) is 0 Å². The number of hydrogen-bond donors (Lipinski definition) is 3. The third-order valence-corrected chi connectivity index (χ3v) is 3.41. The lowest BCUT2D eigenvalue weighted by Crippen LogP contribution is -2.15. The maximum Gasteiger partial charge on any atom is 0.409 e. The first kappa shape index (κ1) is 16.0. The van der Waals surface area contributed by atoms with Gasteiger partial charge in [-0.25, -0.2) is 4.79 Å². The molecule has 6 heteroatoms. The molecule has 0 heterocycles. The standard InChI is InChI=1S/C16H15BrN2O3/c17-10-9-11-5-7-12(8-6-11)15(20)18-13-3-1-2-4-14(13)19-16(21)22/h1-8,19H,9-10H2,(H,18,20)(H,21,22). The van der Waals surface area contributed by atoms with Crippen molar-refractivity contribution in [3.05, 3.63) is 59.7 Å². The van der Waals surface area contributed by atoms with E-state index in [2.05, 4.69) is 26.6 Å². The van der Waals surface area contributed by atoms with Gasteiger partial charge in [0, 0.05) is 10.9 Å². The van der Waals surface area contributed by atoms with Crippen LogP contribution in [0.4, 0.5) is 16.2 Å². The summed E-state index contributed by atoms with van der Waals surface area (Å²) in [5.74, 6) is -0.287. The number of benzene rings is 2. The average molecular weight is 363 g/mol. The molecule has 3 N–H and O–H groups in total. The van der Waals surface area contributed by atoms with Crippen molar-refractivity contribution >= 4 is 39.3 Å². The number of anilines is 2. The lowest BCUT2D eigenvalue weighted by Gasteiger charge is -2.10.